The number of carbonyl (C=O) groups excluding carboxylic acids is 1. The number of hydrogen-bond donors (Lipinski definition) is 2. The maximum atomic E-state index is 13.4. The summed E-state index contributed by atoms with van der Waals surface area (Å²) in [7, 11) is 1.35. The van der Waals surface area contributed by atoms with Gasteiger partial charge in [0.05, 0.1) is 28.4 Å². The van der Waals surface area contributed by atoms with Crippen LogP contribution in [0.1, 0.15) is 15.9 Å². The predicted molar refractivity (Wildman–Crippen MR) is 109 cm³/mol. The molecule has 3 aromatic rings. The summed E-state index contributed by atoms with van der Waals surface area (Å²) in [5.41, 5.74) is -0.103. The van der Waals surface area contributed by atoms with E-state index >= 15 is 0 Å². The van der Waals surface area contributed by atoms with Crippen LogP contribution >= 0.6 is 23.2 Å². The molecular weight excluding hydrogens is 422 g/mol. The number of carbonyl (C=O) groups is 1. The minimum absolute atomic E-state index is 0.0328. The van der Waals surface area contributed by atoms with Crippen molar-refractivity contribution in [2.75, 3.05) is 12.4 Å². The van der Waals surface area contributed by atoms with Crippen molar-refractivity contribution in [2.24, 2.45) is 0 Å². The molecule has 1 radical (unpaired) electrons. The number of hydrogen-bond acceptors (Lipinski definition) is 4. The van der Waals surface area contributed by atoms with Gasteiger partial charge in [0.15, 0.2) is 11.5 Å². The van der Waals surface area contributed by atoms with Gasteiger partial charge in [0.1, 0.15) is 11.6 Å². The summed E-state index contributed by atoms with van der Waals surface area (Å²) >= 11 is 12.1. The SMILES string of the molecule is [CH2]c1c(NC(=O)c2cc(Cl)c(Cl)cc2Oc2ccc(F)cc2OC)cc[nH]c1=O. The van der Waals surface area contributed by atoms with Crippen LogP contribution in [0.4, 0.5) is 10.1 Å². The lowest BCUT2D eigenvalue weighted by Crippen LogP contribution is -2.18. The maximum absolute atomic E-state index is 13.4. The first kappa shape index (κ1) is 20.7. The Morgan fingerprint density at radius 1 is 1.10 bits per heavy atom. The Hall–Kier alpha value is -3.03. The molecule has 0 fully saturated rings. The number of rotatable bonds is 5. The summed E-state index contributed by atoms with van der Waals surface area (Å²) in [6.07, 6.45) is 1.38. The zero-order valence-electron chi connectivity index (χ0n) is 15.0. The molecule has 0 aliphatic rings. The molecule has 0 unspecified atom stereocenters. The van der Waals surface area contributed by atoms with E-state index in [1.807, 2.05) is 0 Å². The quantitative estimate of drug-likeness (QED) is 0.586. The Morgan fingerprint density at radius 3 is 2.55 bits per heavy atom. The molecule has 3 rings (SSSR count). The molecule has 9 heteroatoms. The highest BCUT2D eigenvalue weighted by atomic mass is 35.5. The van der Waals surface area contributed by atoms with Gasteiger partial charge in [0.25, 0.3) is 11.5 Å². The first-order chi connectivity index (χ1) is 13.8. The second-order valence-corrected chi connectivity index (χ2v) is 6.63. The summed E-state index contributed by atoms with van der Waals surface area (Å²) in [5.74, 6) is -0.793. The Balaban J connectivity index is 2.01. The Labute approximate surface area is 175 Å². The fraction of sp³-hybridized carbons (Fsp3) is 0.0500. The smallest absolute Gasteiger partial charge is 0.259 e. The molecule has 0 aliphatic heterocycles. The van der Waals surface area contributed by atoms with E-state index in [1.54, 1.807) is 0 Å². The van der Waals surface area contributed by atoms with Crippen molar-refractivity contribution in [3.05, 3.63) is 86.9 Å². The van der Waals surface area contributed by atoms with Crippen LogP contribution in [0.5, 0.6) is 17.2 Å². The molecule has 149 valence electrons. The van der Waals surface area contributed by atoms with Gasteiger partial charge in [-0.1, -0.05) is 23.2 Å². The Kier molecular flexibility index (Phi) is 6.10. The molecule has 1 aromatic heterocycles. The highest BCUT2D eigenvalue weighted by Gasteiger charge is 2.19. The normalized spacial score (nSPS) is 10.5. The van der Waals surface area contributed by atoms with Gasteiger partial charge in [-0.3, -0.25) is 9.59 Å². The second kappa shape index (κ2) is 8.55. The largest absolute Gasteiger partial charge is 0.493 e. The van der Waals surface area contributed by atoms with E-state index in [4.69, 9.17) is 32.7 Å². The van der Waals surface area contributed by atoms with Crippen LogP contribution in [0.25, 0.3) is 0 Å². The van der Waals surface area contributed by atoms with E-state index in [0.29, 0.717) is 0 Å². The molecule has 2 aromatic carbocycles. The number of halogens is 3. The number of benzene rings is 2. The lowest BCUT2D eigenvalue weighted by molar-refractivity contribution is 0.102. The number of H-pyrrole nitrogens is 1. The van der Waals surface area contributed by atoms with Crippen molar-refractivity contribution >= 4 is 34.8 Å². The molecule has 0 saturated carbocycles. The van der Waals surface area contributed by atoms with Crippen molar-refractivity contribution in [3.8, 4) is 17.2 Å². The summed E-state index contributed by atoms with van der Waals surface area (Å²) in [4.78, 5) is 27.0. The van der Waals surface area contributed by atoms with Crippen molar-refractivity contribution in [1.82, 2.24) is 4.98 Å². The van der Waals surface area contributed by atoms with Gasteiger partial charge in [-0.05, 0) is 31.2 Å². The molecule has 29 heavy (non-hydrogen) atoms. The van der Waals surface area contributed by atoms with Crippen LogP contribution in [0.3, 0.4) is 0 Å². The molecule has 0 atom stereocenters. The molecule has 2 N–H and O–H groups in total. The van der Waals surface area contributed by atoms with Gasteiger partial charge in [-0.2, -0.15) is 0 Å². The van der Waals surface area contributed by atoms with Crippen molar-refractivity contribution in [3.63, 3.8) is 0 Å². The van der Waals surface area contributed by atoms with Gasteiger partial charge in [0.2, 0.25) is 0 Å². The van der Waals surface area contributed by atoms with Crippen LogP contribution in [-0.4, -0.2) is 18.0 Å². The van der Waals surface area contributed by atoms with E-state index in [1.165, 1.54) is 43.6 Å². The third-order valence-electron chi connectivity index (χ3n) is 3.92. The Morgan fingerprint density at radius 2 is 1.83 bits per heavy atom. The number of aromatic nitrogens is 1. The van der Waals surface area contributed by atoms with Gasteiger partial charge in [-0.15, -0.1) is 0 Å². The van der Waals surface area contributed by atoms with Crippen molar-refractivity contribution in [2.45, 2.75) is 0 Å². The van der Waals surface area contributed by atoms with Gasteiger partial charge >= 0.3 is 0 Å². The molecule has 1 heterocycles. The van der Waals surface area contributed by atoms with E-state index < -0.39 is 17.3 Å². The van der Waals surface area contributed by atoms with E-state index in [0.717, 1.165) is 6.07 Å². The number of anilines is 1. The highest BCUT2D eigenvalue weighted by molar-refractivity contribution is 6.42. The summed E-state index contributed by atoms with van der Waals surface area (Å²) in [6.45, 7) is 3.63. The number of methoxy groups -OCH3 is 1. The van der Waals surface area contributed by atoms with Crippen LogP contribution < -0.4 is 20.3 Å². The average molecular weight is 436 g/mol. The number of pyridine rings is 1. The lowest BCUT2D eigenvalue weighted by atomic mass is 10.1. The van der Waals surface area contributed by atoms with Gasteiger partial charge in [-0.25, -0.2) is 4.39 Å². The van der Waals surface area contributed by atoms with Gasteiger partial charge < -0.3 is 19.8 Å². The molecule has 0 aliphatic carbocycles. The second-order valence-electron chi connectivity index (χ2n) is 5.81. The molecule has 0 spiro atoms. The summed E-state index contributed by atoms with van der Waals surface area (Å²) < 4.78 is 24.3. The number of ether oxygens (including phenoxy) is 2. The highest BCUT2D eigenvalue weighted by Crippen LogP contribution is 2.37. The first-order valence-electron chi connectivity index (χ1n) is 8.15. The Bertz CT molecular complexity index is 1150. The van der Waals surface area contributed by atoms with Crippen LogP contribution in [-0.2, 0) is 0 Å². The summed E-state index contributed by atoms with van der Waals surface area (Å²) in [5, 5.41) is 2.85. The fourth-order valence-corrected chi connectivity index (χ4v) is 2.77. The fourth-order valence-electron chi connectivity index (χ4n) is 2.45. The molecule has 1 amide bonds. The predicted octanol–water partition coefficient (Wildman–Crippen LogP) is 5.06. The first-order valence-corrected chi connectivity index (χ1v) is 8.91. The van der Waals surface area contributed by atoms with Crippen LogP contribution in [0, 0.1) is 12.7 Å². The van der Waals surface area contributed by atoms with E-state index in [9.17, 15) is 14.0 Å². The monoisotopic (exact) mass is 435 g/mol. The van der Waals surface area contributed by atoms with Gasteiger partial charge in [0, 0.05) is 23.9 Å². The maximum Gasteiger partial charge on any atom is 0.259 e. The zero-order chi connectivity index (χ0) is 21.1. The summed E-state index contributed by atoms with van der Waals surface area (Å²) in [6, 6.07) is 7.83. The molecule has 6 nitrogen and oxygen atoms in total. The number of aromatic amines is 1. The molecular formula is C20H14Cl2FN2O4. The van der Waals surface area contributed by atoms with E-state index in [2.05, 4.69) is 17.2 Å². The third kappa shape index (κ3) is 4.52. The topological polar surface area (TPSA) is 80.4 Å². The number of nitrogens with one attached hydrogen (secondary N) is 2. The standard InChI is InChI=1S/C20H14Cl2FN2O4/c1-10-15(5-6-24-19(10)26)25-20(27)12-8-13(21)14(22)9-17(12)29-16-4-3-11(23)7-18(16)28-2/h3-9H,1H2,2H3,(H2,24,25,26,27). The van der Waals surface area contributed by atoms with Crippen LogP contribution in [0.15, 0.2) is 47.4 Å². The van der Waals surface area contributed by atoms with Crippen LogP contribution in [0.2, 0.25) is 10.0 Å². The minimum Gasteiger partial charge on any atom is -0.493 e. The lowest BCUT2D eigenvalue weighted by Gasteiger charge is -2.15. The zero-order valence-corrected chi connectivity index (χ0v) is 16.5. The minimum atomic E-state index is -0.616. The molecule has 0 saturated heterocycles. The molecule has 0 bridgehead atoms. The average Bonchev–Trinajstić information content (AvgIpc) is 2.69. The van der Waals surface area contributed by atoms with Crippen molar-refractivity contribution in [1.29, 1.82) is 0 Å². The number of amides is 1. The van der Waals surface area contributed by atoms with E-state index in [-0.39, 0.29) is 44.1 Å². The van der Waals surface area contributed by atoms with Crippen molar-refractivity contribution < 1.29 is 18.7 Å². The third-order valence-corrected chi connectivity index (χ3v) is 4.65.